The summed E-state index contributed by atoms with van der Waals surface area (Å²) >= 11 is 0. The third-order valence-corrected chi connectivity index (χ3v) is 4.56. The number of carbonyl (C=O) groups excluding carboxylic acids is 1. The van der Waals surface area contributed by atoms with Crippen molar-refractivity contribution >= 4 is 5.91 Å². The lowest BCUT2D eigenvalue weighted by Gasteiger charge is -2.34. The van der Waals surface area contributed by atoms with E-state index < -0.39 is 18.7 Å². The van der Waals surface area contributed by atoms with Crippen LogP contribution in [0.4, 0.5) is 22.0 Å². The minimum Gasteiger partial charge on any atom is -0.468 e. The van der Waals surface area contributed by atoms with Gasteiger partial charge in [0.1, 0.15) is 0 Å². The SMILES string of the molecule is O=C(CC1CC(F)(F)C1)NC(c1ccnc(OCC(F)(F)F)c1)C1CC1. The van der Waals surface area contributed by atoms with Gasteiger partial charge in [-0.25, -0.2) is 13.8 Å². The third kappa shape index (κ3) is 5.28. The number of aromatic nitrogens is 1. The van der Waals surface area contributed by atoms with Gasteiger partial charge in [-0.1, -0.05) is 0 Å². The molecular formula is C17H19F5N2O2. The highest BCUT2D eigenvalue weighted by atomic mass is 19.4. The second-order valence-electron chi connectivity index (χ2n) is 7.05. The Kier molecular flexibility index (Phi) is 5.07. The largest absolute Gasteiger partial charge is 0.468 e. The van der Waals surface area contributed by atoms with Crippen molar-refractivity contribution in [2.45, 2.75) is 50.2 Å². The number of nitrogens with one attached hydrogen (secondary N) is 1. The van der Waals surface area contributed by atoms with E-state index in [1.54, 1.807) is 6.07 Å². The van der Waals surface area contributed by atoms with Crippen molar-refractivity contribution < 1.29 is 31.5 Å². The molecule has 2 fully saturated rings. The summed E-state index contributed by atoms with van der Waals surface area (Å²) < 4.78 is 67.2. The van der Waals surface area contributed by atoms with Crippen LogP contribution < -0.4 is 10.1 Å². The Balaban J connectivity index is 1.60. The number of carbonyl (C=O) groups is 1. The van der Waals surface area contributed by atoms with E-state index in [-0.39, 0.29) is 48.9 Å². The first-order valence-corrected chi connectivity index (χ1v) is 8.44. The van der Waals surface area contributed by atoms with Gasteiger partial charge in [-0.3, -0.25) is 4.79 Å². The van der Waals surface area contributed by atoms with Crippen LogP contribution in [-0.2, 0) is 4.79 Å². The van der Waals surface area contributed by atoms with Crippen LogP contribution in [0.1, 0.15) is 43.7 Å². The summed E-state index contributed by atoms with van der Waals surface area (Å²) in [6.45, 7) is -1.44. The molecule has 0 spiro atoms. The summed E-state index contributed by atoms with van der Waals surface area (Å²) in [6, 6.07) is 2.62. The Morgan fingerprint density at radius 2 is 2.04 bits per heavy atom. The molecular weight excluding hydrogens is 359 g/mol. The average Bonchev–Trinajstić information content (AvgIpc) is 3.33. The van der Waals surface area contributed by atoms with E-state index in [0.717, 1.165) is 12.8 Å². The molecule has 26 heavy (non-hydrogen) atoms. The first-order valence-electron chi connectivity index (χ1n) is 8.44. The standard InChI is InChI=1S/C17H19F5N2O2/c18-16(19)7-10(8-16)5-13(25)24-15(11-1-2-11)12-3-4-23-14(6-12)26-9-17(20,21)22/h3-4,6,10-11,15H,1-2,5,7-9H2,(H,24,25). The van der Waals surface area contributed by atoms with Crippen LogP contribution in [-0.4, -0.2) is 29.6 Å². The van der Waals surface area contributed by atoms with Gasteiger partial charge < -0.3 is 10.1 Å². The van der Waals surface area contributed by atoms with Crippen molar-refractivity contribution in [3.63, 3.8) is 0 Å². The van der Waals surface area contributed by atoms with Crippen LogP contribution in [0.15, 0.2) is 18.3 Å². The Bertz CT molecular complexity index is 653. The number of halogens is 5. The molecule has 1 unspecified atom stereocenters. The van der Waals surface area contributed by atoms with Gasteiger partial charge in [-0.05, 0) is 36.3 Å². The normalized spacial score (nSPS) is 21.0. The van der Waals surface area contributed by atoms with Gasteiger partial charge in [0, 0.05) is 31.5 Å². The molecule has 0 aliphatic heterocycles. The van der Waals surface area contributed by atoms with E-state index >= 15 is 0 Å². The van der Waals surface area contributed by atoms with Crippen LogP contribution in [0, 0.1) is 11.8 Å². The highest BCUT2D eigenvalue weighted by Gasteiger charge is 2.46. The van der Waals surface area contributed by atoms with Crippen molar-refractivity contribution in [2.24, 2.45) is 11.8 Å². The summed E-state index contributed by atoms with van der Waals surface area (Å²) in [6.07, 6.45) is -1.90. The number of alkyl halides is 5. The molecule has 4 nitrogen and oxygen atoms in total. The fourth-order valence-corrected chi connectivity index (χ4v) is 3.18. The zero-order valence-electron chi connectivity index (χ0n) is 13.9. The predicted octanol–water partition coefficient (Wildman–Crippen LogP) is 4.03. The lowest BCUT2D eigenvalue weighted by atomic mass is 9.79. The van der Waals surface area contributed by atoms with Crippen molar-refractivity contribution in [1.82, 2.24) is 10.3 Å². The Morgan fingerprint density at radius 1 is 1.35 bits per heavy atom. The van der Waals surface area contributed by atoms with E-state index in [1.807, 2.05) is 0 Å². The maximum absolute atomic E-state index is 12.9. The fraction of sp³-hybridized carbons (Fsp3) is 0.647. The first-order chi connectivity index (χ1) is 12.1. The Labute approximate surface area is 147 Å². The Hall–Kier alpha value is -1.93. The van der Waals surface area contributed by atoms with Crippen molar-refractivity contribution in [1.29, 1.82) is 0 Å². The van der Waals surface area contributed by atoms with Crippen molar-refractivity contribution in [3.05, 3.63) is 23.9 Å². The van der Waals surface area contributed by atoms with Crippen LogP contribution in [0.2, 0.25) is 0 Å². The van der Waals surface area contributed by atoms with Crippen molar-refractivity contribution in [2.75, 3.05) is 6.61 Å². The topological polar surface area (TPSA) is 51.2 Å². The van der Waals surface area contributed by atoms with Crippen molar-refractivity contribution in [3.8, 4) is 5.88 Å². The second kappa shape index (κ2) is 7.00. The molecule has 1 N–H and O–H groups in total. The van der Waals surface area contributed by atoms with Gasteiger partial charge in [0.15, 0.2) is 6.61 Å². The molecule has 0 aromatic carbocycles. The minimum absolute atomic E-state index is 0.0291. The molecule has 2 saturated carbocycles. The van der Waals surface area contributed by atoms with Crippen LogP contribution in [0.25, 0.3) is 0 Å². The second-order valence-corrected chi connectivity index (χ2v) is 7.05. The molecule has 9 heteroatoms. The van der Waals surface area contributed by atoms with Crippen LogP contribution in [0.5, 0.6) is 5.88 Å². The summed E-state index contributed by atoms with van der Waals surface area (Å²) in [7, 11) is 0. The summed E-state index contributed by atoms with van der Waals surface area (Å²) in [5.74, 6) is -3.31. The molecule has 1 atom stereocenters. The lowest BCUT2D eigenvalue weighted by Crippen LogP contribution is -2.39. The van der Waals surface area contributed by atoms with Gasteiger partial charge in [0.2, 0.25) is 17.7 Å². The molecule has 3 rings (SSSR count). The maximum Gasteiger partial charge on any atom is 0.422 e. The summed E-state index contributed by atoms with van der Waals surface area (Å²) in [4.78, 5) is 15.9. The number of hydrogen-bond donors (Lipinski definition) is 1. The van der Waals surface area contributed by atoms with Crippen LogP contribution in [0.3, 0.4) is 0 Å². The van der Waals surface area contributed by atoms with Gasteiger partial charge in [0.05, 0.1) is 6.04 Å². The number of pyridine rings is 1. The highest BCUT2D eigenvalue weighted by molar-refractivity contribution is 5.77. The number of rotatable bonds is 7. The smallest absolute Gasteiger partial charge is 0.422 e. The van der Waals surface area contributed by atoms with Gasteiger partial charge in [0.25, 0.3) is 0 Å². The van der Waals surface area contributed by atoms with Gasteiger partial charge >= 0.3 is 6.18 Å². The average molecular weight is 378 g/mol. The number of nitrogens with zero attached hydrogens (tertiary/aromatic N) is 1. The number of amides is 1. The monoisotopic (exact) mass is 378 g/mol. The molecule has 1 aromatic heterocycles. The van der Waals surface area contributed by atoms with E-state index in [0.29, 0.717) is 5.56 Å². The molecule has 1 heterocycles. The van der Waals surface area contributed by atoms with E-state index in [2.05, 4.69) is 15.0 Å². The molecule has 2 aliphatic rings. The van der Waals surface area contributed by atoms with Crippen LogP contribution >= 0.6 is 0 Å². The molecule has 1 amide bonds. The zero-order chi connectivity index (χ0) is 18.9. The maximum atomic E-state index is 12.9. The van der Waals surface area contributed by atoms with Gasteiger partial charge in [-0.15, -0.1) is 0 Å². The lowest BCUT2D eigenvalue weighted by molar-refractivity contribution is -0.154. The fourth-order valence-electron chi connectivity index (χ4n) is 3.18. The molecule has 0 radical (unpaired) electrons. The first kappa shape index (κ1) is 18.8. The number of ether oxygens (including phenoxy) is 1. The molecule has 2 aliphatic carbocycles. The third-order valence-electron chi connectivity index (χ3n) is 4.56. The van der Waals surface area contributed by atoms with E-state index in [1.165, 1.54) is 12.3 Å². The number of hydrogen-bond acceptors (Lipinski definition) is 3. The minimum atomic E-state index is -4.47. The van der Waals surface area contributed by atoms with Gasteiger partial charge in [-0.2, -0.15) is 13.2 Å². The summed E-state index contributed by atoms with van der Waals surface area (Å²) in [5.41, 5.74) is 0.604. The van der Waals surface area contributed by atoms with E-state index in [9.17, 15) is 26.7 Å². The summed E-state index contributed by atoms with van der Waals surface area (Å²) in [5, 5.41) is 2.83. The predicted molar refractivity (Wildman–Crippen MR) is 81.7 cm³/mol. The Morgan fingerprint density at radius 3 is 2.62 bits per heavy atom. The molecule has 0 saturated heterocycles. The van der Waals surface area contributed by atoms with E-state index in [4.69, 9.17) is 0 Å². The quantitative estimate of drug-likeness (QED) is 0.729. The molecule has 1 aromatic rings. The molecule has 144 valence electrons. The highest BCUT2D eigenvalue weighted by Crippen LogP contribution is 2.45. The zero-order valence-corrected chi connectivity index (χ0v) is 13.9. The molecule has 0 bridgehead atoms.